The summed E-state index contributed by atoms with van der Waals surface area (Å²) in [6.45, 7) is 5.22. The number of hydrogen-bond donors (Lipinski definition) is 0. The van der Waals surface area contributed by atoms with E-state index in [0.717, 1.165) is 17.0 Å². The van der Waals surface area contributed by atoms with E-state index in [0.29, 0.717) is 37.9 Å². The minimum atomic E-state index is -0.0307. The van der Waals surface area contributed by atoms with Gasteiger partial charge in [0.1, 0.15) is 5.78 Å². The lowest BCUT2D eigenvalue weighted by molar-refractivity contribution is -0.124. The molecule has 6 heteroatoms. The average molecular weight is 441 g/mol. The second-order valence-electron chi connectivity index (χ2n) is 9.03. The summed E-state index contributed by atoms with van der Waals surface area (Å²) in [5.74, 6) is 0.280. The molecule has 1 saturated heterocycles. The highest BCUT2D eigenvalue weighted by molar-refractivity contribution is 5.97. The minimum absolute atomic E-state index is 0.0156. The monoisotopic (exact) mass is 440 g/mol. The molecule has 1 unspecified atom stereocenters. The fourth-order valence-corrected chi connectivity index (χ4v) is 5.22. The number of fused-ring (bicyclic) bond motifs is 1. The van der Waals surface area contributed by atoms with Gasteiger partial charge in [-0.15, -0.1) is 0 Å². The molecule has 0 radical (unpaired) electrons. The summed E-state index contributed by atoms with van der Waals surface area (Å²) in [6.07, 6.45) is 7.26. The third-order valence-corrected chi connectivity index (χ3v) is 6.98. The van der Waals surface area contributed by atoms with Crippen LogP contribution in [-0.2, 0) is 4.79 Å². The fraction of sp³-hybridized carbons (Fsp3) is 0.333. The topological polar surface area (TPSA) is 68.1 Å². The molecule has 1 amide bonds. The van der Waals surface area contributed by atoms with Crippen molar-refractivity contribution < 1.29 is 9.59 Å². The minimum Gasteiger partial charge on any atom is -0.339 e. The first-order chi connectivity index (χ1) is 16.0. The summed E-state index contributed by atoms with van der Waals surface area (Å²) < 4.78 is 2.14. The summed E-state index contributed by atoms with van der Waals surface area (Å²) in [6, 6.07) is 13.9. The molecule has 168 valence electrons. The third-order valence-electron chi connectivity index (χ3n) is 6.98. The van der Waals surface area contributed by atoms with Gasteiger partial charge in [0.2, 0.25) is 0 Å². The van der Waals surface area contributed by atoms with Gasteiger partial charge in [0, 0.05) is 42.9 Å². The SMILES string of the molecule is CC1=C(c2ccccc2)C(CC(=O)C2CCN(C(=O)c3ccnc(C)c3)CC2)n2cncc21. The first-order valence-electron chi connectivity index (χ1n) is 11.6. The average Bonchev–Trinajstić information content (AvgIpc) is 3.42. The molecule has 0 aliphatic carbocycles. The number of amides is 1. The summed E-state index contributed by atoms with van der Waals surface area (Å²) >= 11 is 0. The number of benzene rings is 1. The Labute approximate surface area is 194 Å². The predicted octanol–water partition coefficient (Wildman–Crippen LogP) is 4.58. The Balaban J connectivity index is 1.28. The molecule has 2 aliphatic rings. The predicted molar refractivity (Wildman–Crippen MR) is 127 cm³/mol. The lowest BCUT2D eigenvalue weighted by Crippen LogP contribution is -2.40. The van der Waals surface area contributed by atoms with Crippen molar-refractivity contribution in [2.24, 2.45) is 5.92 Å². The number of allylic oxidation sites excluding steroid dienone is 2. The zero-order valence-corrected chi connectivity index (χ0v) is 19.1. The number of hydrogen-bond acceptors (Lipinski definition) is 4. The van der Waals surface area contributed by atoms with Crippen LogP contribution in [0.5, 0.6) is 0 Å². The molecule has 5 rings (SSSR count). The van der Waals surface area contributed by atoms with Crippen molar-refractivity contribution in [3.8, 4) is 0 Å². The Morgan fingerprint density at radius 3 is 2.55 bits per heavy atom. The number of Topliss-reactive ketones (excluding diaryl/α,β-unsaturated/α-hetero) is 1. The maximum atomic E-state index is 13.4. The number of carbonyl (C=O) groups is 2. The van der Waals surface area contributed by atoms with E-state index in [1.54, 1.807) is 12.3 Å². The van der Waals surface area contributed by atoms with Crippen LogP contribution < -0.4 is 0 Å². The zero-order chi connectivity index (χ0) is 22.9. The maximum absolute atomic E-state index is 13.4. The quantitative estimate of drug-likeness (QED) is 0.582. The molecule has 0 spiro atoms. The van der Waals surface area contributed by atoms with Gasteiger partial charge in [0.25, 0.3) is 5.91 Å². The number of rotatable bonds is 5. The fourth-order valence-electron chi connectivity index (χ4n) is 5.22. The van der Waals surface area contributed by atoms with E-state index in [1.807, 2.05) is 48.6 Å². The molecule has 3 aromatic rings. The van der Waals surface area contributed by atoms with E-state index in [1.165, 1.54) is 11.1 Å². The van der Waals surface area contributed by atoms with Gasteiger partial charge in [-0.25, -0.2) is 4.98 Å². The number of carbonyl (C=O) groups excluding carboxylic acids is 2. The van der Waals surface area contributed by atoms with Crippen molar-refractivity contribution in [3.05, 3.63) is 83.7 Å². The summed E-state index contributed by atoms with van der Waals surface area (Å²) in [4.78, 5) is 36.6. The first kappa shape index (κ1) is 21.3. The van der Waals surface area contributed by atoms with Crippen molar-refractivity contribution in [3.63, 3.8) is 0 Å². The largest absolute Gasteiger partial charge is 0.339 e. The summed E-state index contributed by atoms with van der Waals surface area (Å²) in [5.41, 5.74) is 6.13. The lowest BCUT2D eigenvalue weighted by Gasteiger charge is -2.32. The van der Waals surface area contributed by atoms with Crippen LogP contribution in [0.1, 0.15) is 59.5 Å². The van der Waals surface area contributed by atoms with Crippen LogP contribution in [0.4, 0.5) is 0 Å². The van der Waals surface area contributed by atoms with Crippen LogP contribution in [0.15, 0.2) is 61.2 Å². The van der Waals surface area contributed by atoms with E-state index in [4.69, 9.17) is 0 Å². The number of ketones is 1. The number of aromatic nitrogens is 3. The van der Waals surface area contributed by atoms with Gasteiger partial charge in [-0.3, -0.25) is 14.6 Å². The second-order valence-corrected chi connectivity index (χ2v) is 9.03. The van der Waals surface area contributed by atoms with Crippen LogP contribution >= 0.6 is 0 Å². The van der Waals surface area contributed by atoms with Crippen LogP contribution in [0.25, 0.3) is 11.1 Å². The highest BCUT2D eigenvalue weighted by Gasteiger charge is 2.35. The van der Waals surface area contributed by atoms with Crippen LogP contribution in [0.2, 0.25) is 0 Å². The molecule has 6 nitrogen and oxygen atoms in total. The third kappa shape index (κ3) is 4.01. The van der Waals surface area contributed by atoms with E-state index >= 15 is 0 Å². The summed E-state index contributed by atoms with van der Waals surface area (Å²) in [7, 11) is 0. The van der Waals surface area contributed by atoms with Crippen LogP contribution in [0, 0.1) is 12.8 Å². The van der Waals surface area contributed by atoms with Gasteiger partial charge in [-0.05, 0) is 55.5 Å². The van der Waals surface area contributed by atoms with E-state index in [2.05, 4.69) is 33.6 Å². The first-order valence-corrected chi connectivity index (χ1v) is 11.6. The Morgan fingerprint density at radius 1 is 1.06 bits per heavy atom. The standard InChI is InChI=1S/C27H28N4O2/c1-18-14-22(8-11-29-18)27(33)30-12-9-20(10-13-30)25(32)15-23-26(21-6-4-3-5-7-21)19(2)24-16-28-17-31(23)24/h3-8,11,14,16-17,20,23H,9-10,12-13,15H2,1-2H3. The number of likely N-dealkylation sites (tertiary alicyclic amines) is 1. The molecule has 0 saturated carbocycles. The smallest absolute Gasteiger partial charge is 0.253 e. The van der Waals surface area contributed by atoms with Crippen molar-refractivity contribution >= 4 is 22.8 Å². The molecule has 1 fully saturated rings. The normalized spacial score (nSPS) is 18.5. The van der Waals surface area contributed by atoms with Crippen molar-refractivity contribution in [1.29, 1.82) is 0 Å². The highest BCUT2D eigenvalue weighted by Crippen LogP contribution is 2.44. The van der Waals surface area contributed by atoms with Gasteiger partial charge in [-0.1, -0.05) is 30.3 Å². The Bertz CT molecular complexity index is 1220. The number of nitrogens with zero attached hydrogens (tertiary/aromatic N) is 4. The van der Waals surface area contributed by atoms with Crippen LogP contribution in [0.3, 0.4) is 0 Å². The van der Waals surface area contributed by atoms with Crippen molar-refractivity contribution in [1.82, 2.24) is 19.4 Å². The van der Waals surface area contributed by atoms with Crippen molar-refractivity contribution in [2.75, 3.05) is 13.1 Å². The van der Waals surface area contributed by atoms with Gasteiger partial charge in [0.05, 0.1) is 24.3 Å². The molecule has 4 heterocycles. The van der Waals surface area contributed by atoms with Gasteiger partial charge in [-0.2, -0.15) is 0 Å². The Morgan fingerprint density at radius 2 is 1.82 bits per heavy atom. The van der Waals surface area contributed by atoms with Gasteiger partial charge >= 0.3 is 0 Å². The molecule has 0 N–H and O–H groups in total. The Hall–Kier alpha value is -3.54. The molecule has 33 heavy (non-hydrogen) atoms. The van der Waals surface area contributed by atoms with E-state index in [-0.39, 0.29) is 23.7 Å². The Kier molecular flexibility index (Phi) is 5.67. The molecule has 0 bridgehead atoms. The molecule has 2 aromatic heterocycles. The van der Waals surface area contributed by atoms with Crippen LogP contribution in [-0.4, -0.2) is 44.2 Å². The highest BCUT2D eigenvalue weighted by atomic mass is 16.2. The van der Waals surface area contributed by atoms with Gasteiger partial charge < -0.3 is 9.47 Å². The number of aryl methyl sites for hydroxylation is 1. The zero-order valence-electron chi connectivity index (χ0n) is 19.1. The van der Waals surface area contributed by atoms with Crippen molar-refractivity contribution in [2.45, 2.75) is 39.2 Å². The second kappa shape index (κ2) is 8.77. The molecule has 1 atom stereocenters. The number of piperidine rings is 1. The summed E-state index contributed by atoms with van der Waals surface area (Å²) in [5, 5.41) is 0. The lowest BCUT2D eigenvalue weighted by atomic mass is 9.86. The number of imidazole rings is 1. The molecular formula is C27H28N4O2. The maximum Gasteiger partial charge on any atom is 0.253 e. The molecule has 1 aromatic carbocycles. The van der Waals surface area contributed by atoms with E-state index in [9.17, 15) is 9.59 Å². The molecule has 2 aliphatic heterocycles. The van der Waals surface area contributed by atoms with E-state index < -0.39 is 0 Å². The molecular weight excluding hydrogens is 412 g/mol. The number of pyridine rings is 1. The van der Waals surface area contributed by atoms with Gasteiger partial charge in [0.15, 0.2) is 0 Å².